The highest BCUT2D eigenvalue weighted by atomic mass is 32.1. The van der Waals surface area contributed by atoms with Crippen LogP contribution in [0, 0.1) is 0 Å². The summed E-state index contributed by atoms with van der Waals surface area (Å²) in [5.74, 6) is -1.02. The number of primary amides is 1. The highest BCUT2D eigenvalue weighted by Crippen LogP contribution is 2.30. The molecular formula is C22H31N5O4S. The summed E-state index contributed by atoms with van der Waals surface area (Å²) in [5, 5.41) is 2.97. The van der Waals surface area contributed by atoms with Crippen molar-refractivity contribution in [2.24, 2.45) is 5.73 Å². The van der Waals surface area contributed by atoms with E-state index in [0.29, 0.717) is 17.9 Å². The third kappa shape index (κ3) is 5.97. The molecule has 0 aliphatic rings. The van der Waals surface area contributed by atoms with Crippen LogP contribution in [0.4, 0.5) is 11.4 Å². The zero-order valence-corrected chi connectivity index (χ0v) is 19.9. The molecule has 0 bridgehead atoms. The van der Waals surface area contributed by atoms with Crippen LogP contribution in [0.3, 0.4) is 0 Å². The third-order valence-corrected chi connectivity index (χ3v) is 5.52. The number of hydrogen-bond acceptors (Lipinski definition) is 7. The van der Waals surface area contributed by atoms with Gasteiger partial charge in [0.2, 0.25) is 5.91 Å². The fourth-order valence-corrected chi connectivity index (χ4v) is 3.89. The Kier molecular flexibility index (Phi) is 8.20. The Hall–Kier alpha value is -3.14. The predicted octanol–water partition coefficient (Wildman–Crippen LogP) is 2.95. The molecule has 10 heteroatoms. The van der Waals surface area contributed by atoms with Gasteiger partial charge in [-0.2, -0.15) is 4.37 Å². The second kappa shape index (κ2) is 10.4. The van der Waals surface area contributed by atoms with Crippen molar-refractivity contribution in [3.05, 3.63) is 34.8 Å². The van der Waals surface area contributed by atoms with E-state index in [1.165, 1.54) is 4.90 Å². The van der Waals surface area contributed by atoms with E-state index in [9.17, 15) is 14.4 Å². The molecule has 2 rings (SSSR count). The fourth-order valence-electron chi connectivity index (χ4n) is 3.15. The molecule has 1 aromatic heterocycles. The SMILES string of the molecule is CCCC[C@H](C(=O)NC(C)(C)C)N(C(=O)c1snc(C(N)=O)c1N)c1ccc(OC)cc1. The average Bonchev–Trinajstić information content (AvgIpc) is 3.11. The Morgan fingerprint density at radius 2 is 1.84 bits per heavy atom. The maximum absolute atomic E-state index is 13.7. The number of hydrogen-bond donors (Lipinski definition) is 3. The number of ether oxygens (including phenoxy) is 1. The van der Waals surface area contributed by atoms with Crippen molar-refractivity contribution in [2.75, 3.05) is 17.7 Å². The molecule has 1 aromatic carbocycles. The second-order valence-electron chi connectivity index (χ2n) is 8.41. The normalized spacial score (nSPS) is 12.2. The number of benzene rings is 1. The number of aromatic nitrogens is 1. The van der Waals surface area contributed by atoms with E-state index in [4.69, 9.17) is 16.2 Å². The van der Waals surface area contributed by atoms with Gasteiger partial charge in [0.25, 0.3) is 11.8 Å². The Bertz CT molecular complexity index is 966. The Balaban J connectivity index is 2.60. The van der Waals surface area contributed by atoms with Crippen LogP contribution in [-0.2, 0) is 4.79 Å². The minimum atomic E-state index is -0.818. The summed E-state index contributed by atoms with van der Waals surface area (Å²) in [6.07, 6.45) is 2.02. The first-order valence-electron chi connectivity index (χ1n) is 10.3. The van der Waals surface area contributed by atoms with E-state index in [2.05, 4.69) is 9.69 Å². The molecule has 3 amide bonds. The van der Waals surface area contributed by atoms with Crippen molar-refractivity contribution in [3.8, 4) is 5.75 Å². The smallest absolute Gasteiger partial charge is 0.272 e. The van der Waals surface area contributed by atoms with Crippen LogP contribution in [0.15, 0.2) is 24.3 Å². The summed E-state index contributed by atoms with van der Waals surface area (Å²) in [4.78, 5) is 40.0. The largest absolute Gasteiger partial charge is 0.497 e. The quantitative estimate of drug-likeness (QED) is 0.524. The molecule has 1 atom stereocenters. The highest BCUT2D eigenvalue weighted by molar-refractivity contribution is 7.09. The van der Waals surface area contributed by atoms with Gasteiger partial charge in [-0.05, 0) is 63.0 Å². The number of nitrogen functional groups attached to an aromatic ring is 1. The van der Waals surface area contributed by atoms with E-state index in [0.717, 1.165) is 24.4 Å². The predicted molar refractivity (Wildman–Crippen MR) is 126 cm³/mol. The lowest BCUT2D eigenvalue weighted by atomic mass is 10.0. The summed E-state index contributed by atoms with van der Waals surface area (Å²) >= 11 is 0.786. The van der Waals surface area contributed by atoms with E-state index in [1.54, 1.807) is 31.4 Å². The van der Waals surface area contributed by atoms with Gasteiger partial charge >= 0.3 is 0 Å². The molecule has 5 N–H and O–H groups in total. The lowest BCUT2D eigenvalue weighted by Gasteiger charge is -2.33. The molecule has 0 saturated heterocycles. The first-order valence-corrected chi connectivity index (χ1v) is 11.1. The van der Waals surface area contributed by atoms with Gasteiger partial charge in [-0.3, -0.25) is 19.3 Å². The number of carbonyl (C=O) groups is 3. The van der Waals surface area contributed by atoms with Crippen LogP contribution in [0.5, 0.6) is 5.75 Å². The number of nitrogens with zero attached hydrogens (tertiary/aromatic N) is 2. The van der Waals surface area contributed by atoms with Crippen molar-refractivity contribution >= 4 is 40.6 Å². The summed E-state index contributed by atoms with van der Waals surface area (Å²) in [6.45, 7) is 7.64. The van der Waals surface area contributed by atoms with Crippen molar-refractivity contribution in [1.82, 2.24) is 9.69 Å². The maximum Gasteiger partial charge on any atom is 0.272 e. The Labute approximate surface area is 192 Å². The molecule has 0 spiro atoms. The lowest BCUT2D eigenvalue weighted by Crippen LogP contribution is -2.54. The minimum absolute atomic E-state index is 0.0553. The maximum atomic E-state index is 13.7. The number of nitrogens with two attached hydrogens (primary N) is 2. The van der Waals surface area contributed by atoms with Crippen molar-refractivity contribution < 1.29 is 19.1 Å². The topological polar surface area (TPSA) is 141 Å². The van der Waals surface area contributed by atoms with Gasteiger partial charge in [0, 0.05) is 11.2 Å². The van der Waals surface area contributed by atoms with Crippen LogP contribution in [0.1, 0.15) is 67.1 Å². The number of amides is 3. The molecular weight excluding hydrogens is 430 g/mol. The van der Waals surface area contributed by atoms with Crippen LogP contribution in [0.25, 0.3) is 0 Å². The van der Waals surface area contributed by atoms with Gasteiger partial charge in [0.05, 0.1) is 12.8 Å². The van der Waals surface area contributed by atoms with Crippen molar-refractivity contribution in [3.63, 3.8) is 0 Å². The van der Waals surface area contributed by atoms with Crippen LogP contribution in [-0.4, -0.2) is 40.8 Å². The van der Waals surface area contributed by atoms with Gasteiger partial charge in [-0.1, -0.05) is 19.8 Å². The lowest BCUT2D eigenvalue weighted by molar-refractivity contribution is -0.123. The molecule has 1 heterocycles. The summed E-state index contributed by atoms with van der Waals surface area (Å²) in [7, 11) is 1.54. The molecule has 9 nitrogen and oxygen atoms in total. The average molecular weight is 462 g/mol. The van der Waals surface area contributed by atoms with Crippen LogP contribution < -0.4 is 26.4 Å². The number of nitrogens with one attached hydrogen (secondary N) is 1. The first kappa shape index (κ1) is 25.1. The molecule has 0 aliphatic heterocycles. The number of methoxy groups -OCH3 is 1. The molecule has 174 valence electrons. The van der Waals surface area contributed by atoms with Crippen LogP contribution in [0.2, 0.25) is 0 Å². The van der Waals surface area contributed by atoms with E-state index in [-0.39, 0.29) is 22.2 Å². The zero-order chi connectivity index (χ0) is 24.1. The van der Waals surface area contributed by atoms with Crippen LogP contribution >= 0.6 is 11.5 Å². The number of rotatable bonds is 9. The molecule has 0 unspecified atom stereocenters. The number of unbranched alkanes of at least 4 members (excludes halogenated alkanes) is 1. The second-order valence-corrected chi connectivity index (χ2v) is 9.18. The summed E-state index contributed by atoms with van der Waals surface area (Å²) in [5.41, 5.74) is 11.1. The molecule has 32 heavy (non-hydrogen) atoms. The third-order valence-electron chi connectivity index (χ3n) is 4.67. The van der Waals surface area contributed by atoms with E-state index in [1.807, 2.05) is 27.7 Å². The summed E-state index contributed by atoms with van der Waals surface area (Å²) < 4.78 is 9.16. The summed E-state index contributed by atoms with van der Waals surface area (Å²) in [6, 6.07) is 6.02. The monoisotopic (exact) mass is 461 g/mol. The van der Waals surface area contributed by atoms with Gasteiger partial charge < -0.3 is 21.5 Å². The molecule has 0 fully saturated rings. The first-order chi connectivity index (χ1) is 15.0. The van der Waals surface area contributed by atoms with Gasteiger partial charge in [0.15, 0.2) is 5.69 Å². The van der Waals surface area contributed by atoms with E-state index < -0.39 is 23.4 Å². The standard InChI is InChI=1S/C22H31N5O4S/c1-6-7-8-15(20(29)25-22(2,3)4)27(13-9-11-14(31-5)12-10-13)21(30)18-16(23)17(19(24)28)26-32-18/h9-12,15H,6-8,23H2,1-5H3,(H2,24,28)(H,25,29)/t15-/m1/s1. The molecule has 0 radical (unpaired) electrons. The highest BCUT2D eigenvalue weighted by Gasteiger charge is 2.35. The van der Waals surface area contributed by atoms with Crippen molar-refractivity contribution in [1.29, 1.82) is 0 Å². The van der Waals surface area contributed by atoms with Gasteiger partial charge in [-0.25, -0.2) is 0 Å². The molecule has 0 aliphatic carbocycles. The van der Waals surface area contributed by atoms with E-state index >= 15 is 0 Å². The molecule has 0 saturated carbocycles. The van der Waals surface area contributed by atoms with Crippen molar-refractivity contribution in [2.45, 2.75) is 58.5 Å². The number of anilines is 2. The Morgan fingerprint density at radius 1 is 1.22 bits per heavy atom. The fraction of sp³-hybridized carbons (Fsp3) is 0.455. The number of carbonyl (C=O) groups excluding carboxylic acids is 3. The van der Waals surface area contributed by atoms with Gasteiger partial charge in [0.1, 0.15) is 16.7 Å². The Morgan fingerprint density at radius 3 is 2.31 bits per heavy atom. The molecule has 2 aromatic rings. The minimum Gasteiger partial charge on any atom is -0.497 e. The zero-order valence-electron chi connectivity index (χ0n) is 19.1. The van der Waals surface area contributed by atoms with Gasteiger partial charge in [-0.15, -0.1) is 0 Å².